The van der Waals surface area contributed by atoms with Crippen LogP contribution >= 0.6 is 11.6 Å². The maximum atomic E-state index is 6.31. The first-order valence-electron chi connectivity index (χ1n) is 7.22. The molecule has 1 aromatic carbocycles. The smallest absolute Gasteiger partial charge is 0.142 e. The van der Waals surface area contributed by atoms with Gasteiger partial charge in [0.2, 0.25) is 0 Å². The van der Waals surface area contributed by atoms with E-state index >= 15 is 0 Å². The van der Waals surface area contributed by atoms with E-state index in [4.69, 9.17) is 21.1 Å². The van der Waals surface area contributed by atoms with E-state index in [0.29, 0.717) is 5.02 Å². The van der Waals surface area contributed by atoms with Crippen LogP contribution in [0.3, 0.4) is 0 Å². The highest BCUT2D eigenvalue weighted by Gasteiger charge is 2.19. The molecule has 3 nitrogen and oxygen atoms in total. The highest BCUT2D eigenvalue weighted by Crippen LogP contribution is 2.31. The number of benzene rings is 1. The molecule has 1 aromatic rings. The van der Waals surface area contributed by atoms with Crippen LogP contribution in [0, 0.1) is 0 Å². The van der Waals surface area contributed by atoms with Crippen LogP contribution < -0.4 is 10.1 Å². The maximum Gasteiger partial charge on any atom is 0.142 e. The molecule has 1 aliphatic rings. The van der Waals surface area contributed by atoms with Gasteiger partial charge in [0.15, 0.2) is 0 Å². The Balaban J connectivity index is 2.09. The number of hydrogen-bond donors (Lipinski definition) is 1. The molecule has 1 heterocycles. The second kappa shape index (κ2) is 6.79. The van der Waals surface area contributed by atoms with Crippen LogP contribution in [-0.4, -0.2) is 24.9 Å². The Labute approximate surface area is 126 Å². The van der Waals surface area contributed by atoms with E-state index in [0.717, 1.165) is 43.9 Å². The predicted molar refractivity (Wildman–Crippen MR) is 82.5 cm³/mol. The zero-order valence-corrected chi connectivity index (χ0v) is 13.3. The molecule has 1 N–H and O–H groups in total. The molecule has 2 rings (SSSR count). The van der Waals surface area contributed by atoms with Gasteiger partial charge in [0.05, 0.1) is 18.2 Å². The quantitative estimate of drug-likeness (QED) is 0.917. The maximum absolute atomic E-state index is 6.31. The second-order valence-corrected chi connectivity index (χ2v) is 6.67. The van der Waals surface area contributed by atoms with Gasteiger partial charge < -0.3 is 14.8 Å². The van der Waals surface area contributed by atoms with Crippen LogP contribution in [0.1, 0.15) is 39.2 Å². The number of hydrogen-bond acceptors (Lipinski definition) is 3. The van der Waals surface area contributed by atoms with Crippen molar-refractivity contribution in [2.24, 2.45) is 0 Å². The molecule has 20 heavy (non-hydrogen) atoms. The summed E-state index contributed by atoms with van der Waals surface area (Å²) >= 11 is 6.31. The molecule has 4 heteroatoms. The number of ether oxygens (including phenoxy) is 2. The number of rotatable bonds is 4. The van der Waals surface area contributed by atoms with Crippen molar-refractivity contribution in [3.05, 3.63) is 28.8 Å². The van der Waals surface area contributed by atoms with Gasteiger partial charge in [0.1, 0.15) is 11.9 Å². The molecule has 1 aliphatic heterocycles. The topological polar surface area (TPSA) is 30.5 Å². The van der Waals surface area contributed by atoms with E-state index in [-0.39, 0.29) is 11.6 Å². The lowest BCUT2D eigenvalue weighted by molar-refractivity contribution is 0.0251. The van der Waals surface area contributed by atoms with Gasteiger partial charge in [0, 0.05) is 30.5 Å². The summed E-state index contributed by atoms with van der Waals surface area (Å²) in [6.45, 7) is 8.74. The van der Waals surface area contributed by atoms with Gasteiger partial charge in [-0.25, -0.2) is 0 Å². The van der Waals surface area contributed by atoms with E-state index in [1.807, 2.05) is 12.1 Å². The second-order valence-electron chi connectivity index (χ2n) is 6.26. The van der Waals surface area contributed by atoms with Crippen molar-refractivity contribution in [1.82, 2.24) is 5.32 Å². The molecule has 1 fully saturated rings. The Bertz CT molecular complexity index is 437. The normalized spacial score (nSPS) is 17.2. The highest BCUT2D eigenvalue weighted by atomic mass is 35.5. The zero-order chi connectivity index (χ0) is 14.6. The van der Waals surface area contributed by atoms with E-state index in [2.05, 4.69) is 32.2 Å². The Hall–Kier alpha value is -0.770. The fourth-order valence-corrected chi connectivity index (χ4v) is 2.38. The Morgan fingerprint density at radius 2 is 2.00 bits per heavy atom. The summed E-state index contributed by atoms with van der Waals surface area (Å²) in [6, 6.07) is 5.93. The van der Waals surface area contributed by atoms with Crippen molar-refractivity contribution in [2.75, 3.05) is 13.2 Å². The van der Waals surface area contributed by atoms with Gasteiger partial charge in [-0.15, -0.1) is 0 Å². The third-order valence-corrected chi connectivity index (χ3v) is 3.61. The number of nitrogens with one attached hydrogen (secondary N) is 1. The van der Waals surface area contributed by atoms with E-state index < -0.39 is 0 Å². The predicted octanol–water partition coefficient (Wildman–Crippen LogP) is 3.79. The van der Waals surface area contributed by atoms with Crippen molar-refractivity contribution in [1.29, 1.82) is 0 Å². The van der Waals surface area contributed by atoms with Crippen LogP contribution in [-0.2, 0) is 11.3 Å². The summed E-state index contributed by atoms with van der Waals surface area (Å²) in [5, 5.41) is 4.16. The summed E-state index contributed by atoms with van der Waals surface area (Å²) in [5.74, 6) is 0.817. The van der Waals surface area contributed by atoms with Gasteiger partial charge in [0.25, 0.3) is 0 Å². The van der Waals surface area contributed by atoms with Crippen molar-refractivity contribution in [2.45, 2.75) is 51.8 Å². The van der Waals surface area contributed by atoms with Gasteiger partial charge >= 0.3 is 0 Å². The van der Waals surface area contributed by atoms with Gasteiger partial charge in [-0.05, 0) is 26.8 Å². The molecule has 0 spiro atoms. The first-order chi connectivity index (χ1) is 9.46. The number of halogens is 1. The van der Waals surface area contributed by atoms with Crippen LogP contribution in [0.15, 0.2) is 18.2 Å². The summed E-state index contributed by atoms with van der Waals surface area (Å²) in [4.78, 5) is 0. The summed E-state index contributed by atoms with van der Waals surface area (Å²) < 4.78 is 11.5. The van der Waals surface area contributed by atoms with Crippen LogP contribution in [0.4, 0.5) is 0 Å². The van der Waals surface area contributed by atoms with Crippen LogP contribution in [0.2, 0.25) is 5.02 Å². The van der Waals surface area contributed by atoms with Crippen molar-refractivity contribution in [3.63, 3.8) is 0 Å². The lowest BCUT2D eigenvalue weighted by Gasteiger charge is -2.26. The zero-order valence-electron chi connectivity index (χ0n) is 12.5. The van der Waals surface area contributed by atoms with E-state index in [9.17, 15) is 0 Å². The first-order valence-corrected chi connectivity index (χ1v) is 7.60. The lowest BCUT2D eigenvalue weighted by atomic mass is 10.1. The summed E-state index contributed by atoms with van der Waals surface area (Å²) in [6.07, 6.45) is 2.06. The molecule has 0 saturated carbocycles. The monoisotopic (exact) mass is 297 g/mol. The molecule has 0 radical (unpaired) electrons. The molecular formula is C16H24ClNO2. The van der Waals surface area contributed by atoms with E-state index in [1.54, 1.807) is 0 Å². The summed E-state index contributed by atoms with van der Waals surface area (Å²) in [5.41, 5.74) is 1.18. The Kier molecular flexibility index (Phi) is 5.30. The third kappa shape index (κ3) is 4.65. The molecule has 112 valence electrons. The van der Waals surface area contributed by atoms with Gasteiger partial charge in [-0.1, -0.05) is 23.7 Å². The van der Waals surface area contributed by atoms with Crippen molar-refractivity contribution < 1.29 is 9.47 Å². The third-order valence-electron chi connectivity index (χ3n) is 3.31. The molecule has 0 aromatic heterocycles. The average Bonchev–Trinajstić information content (AvgIpc) is 2.40. The molecule has 0 amide bonds. The highest BCUT2D eigenvalue weighted by molar-refractivity contribution is 6.32. The minimum atomic E-state index is 0.0677. The average molecular weight is 298 g/mol. The fourth-order valence-electron chi connectivity index (χ4n) is 2.15. The van der Waals surface area contributed by atoms with E-state index in [1.165, 1.54) is 0 Å². The molecule has 0 unspecified atom stereocenters. The first kappa shape index (κ1) is 15.6. The standard InChI is InChI=1S/C16H24ClNO2/c1-16(2,3)18-11-12-5-4-6-14(17)15(12)20-13-7-9-19-10-8-13/h4-6,13,18H,7-11H2,1-3H3. The largest absolute Gasteiger partial charge is 0.488 e. The molecule has 0 aliphatic carbocycles. The molecule has 0 atom stereocenters. The minimum Gasteiger partial charge on any atom is -0.488 e. The van der Waals surface area contributed by atoms with Gasteiger partial charge in [-0.3, -0.25) is 0 Å². The SMILES string of the molecule is CC(C)(C)NCc1cccc(Cl)c1OC1CCOCC1. The summed E-state index contributed by atoms with van der Waals surface area (Å²) in [7, 11) is 0. The van der Waals surface area contributed by atoms with Crippen LogP contribution in [0.5, 0.6) is 5.75 Å². The Morgan fingerprint density at radius 1 is 1.30 bits per heavy atom. The number of para-hydroxylation sites is 1. The molecule has 1 saturated heterocycles. The van der Waals surface area contributed by atoms with Crippen LogP contribution in [0.25, 0.3) is 0 Å². The van der Waals surface area contributed by atoms with Crippen molar-refractivity contribution in [3.8, 4) is 5.75 Å². The van der Waals surface area contributed by atoms with Crippen molar-refractivity contribution >= 4 is 11.6 Å². The lowest BCUT2D eigenvalue weighted by Crippen LogP contribution is -2.35. The molecule has 0 bridgehead atoms. The minimum absolute atomic E-state index is 0.0677. The van der Waals surface area contributed by atoms with Gasteiger partial charge in [-0.2, -0.15) is 0 Å². The molecular weight excluding hydrogens is 274 g/mol. The Morgan fingerprint density at radius 3 is 2.65 bits per heavy atom. The fraction of sp³-hybridized carbons (Fsp3) is 0.625.